The number of amides is 2. The molecule has 2 fully saturated rings. The number of rotatable bonds is 9. The number of anilines is 1. The highest BCUT2D eigenvalue weighted by Crippen LogP contribution is 2.29. The molecule has 1 atom stereocenters. The molecule has 2 aromatic carbocycles. The summed E-state index contributed by atoms with van der Waals surface area (Å²) in [6.07, 6.45) is 1.21. The number of hydrogen-bond acceptors (Lipinski definition) is 9. The summed E-state index contributed by atoms with van der Waals surface area (Å²) in [6.45, 7) is 2.74. The number of ketones is 1. The first-order valence-electron chi connectivity index (χ1n) is 12.5. The van der Waals surface area contributed by atoms with Gasteiger partial charge < -0.3 is 14.2 Å². The highest BCUT2D eigenvalue weighted by Gasteiger charge is 2.44. The molecule has 200 valence electrons. The Labute approximate surface area is 220 Å². The van der Waals surface area contributed by atoms with Crippen LogP contribution >= 0.6 is 0 Å². The maximum absolute atomic E-state index is 13.1. The van der Waals surface area contributed by atoms with Crippen molar-refractivity contribution >= 4 is 35.2 Å². The van der Waals surface area contributed by atoms with Gasteiger partial charge in [-0.05, 0) is 81.4 Å². The number of benzene rings is 2. The summed E-state index contributed by atoms with van der Waals surface area (Å²) in [4.78, 5) is 65.7. The minimum Gasteiger partial charge on any atom is -0.497 e. The van der Waals surface area contributed by atoms with Gasteiger partial charge in [0, 0.05) is 5.56 Å². The van der Waals surface area contributed by atoms with Crippen LogP contribution in [0.2, 0.25) is 0 Å². The molecule has 0 aliphatic carbocycles. The number of methoxy groups -OCH3 is 1. The molecule has 0 aromatic heterocycles. The van der Waals surface area contributed by atoms with Gasteiger partial charge in [-0.25, -0.2) is 9.69 Å². The number of esters is 2. The summed E-state index contributed by atoms with van der Waals surface area (Å²) < 4.78 is 15.3. The second-order valence-electron chi connectivity index (χ2n) is 9.12. The lowest BCUT2D eigenvalue weighted by Gasteiger charge is -2.33. The third-order valence-electron chi connectivity index (χ3n) is 6.82. The fourth-order valence-corrected chi connectivity index (χ4v) is 4.70. The van der Waals surface area contributed by atoms with Crippen LogP contribution in [-0.4, -0.2) is 73.9 Å². The van der Waals surface area contributed by atoms with Crippen molar-refractivity contribution < 1.29 is 38.2 Å². The molecule has 2 heterocycles. The molecular weight excluding hydrogens is 492 g/mol. The summed E-state index contributed by atoms with van der Waals surface area (Å²) in [5.74, 6) is -1.50. The topological polar surface area (TPSA) is 120 Å². The molecule has 2 saturated heterocycles. The van der Waals surface area contributed by atoms with Crippen LogP contribution in [0.25, 0.3) is 0 Å². The van der Waals surface area contributed by atoms with Crippen molar-refractivity contribution in [3.63, 3.8) is 0 Å². The molecule has 1 unspecified atom stereocenters. The number of piperidine rings is 1. The van der Waals surface area contributed by atoms with Gasteiger partial charge in [0.2, 0.25) is 5.91 Å². The quantitative estimate of drug-likeness (QED) is 0.278. The van der Waals surface area contributed by atoms with Gasteiger partial charge in [-0.1, -0.05) is 0 Å². The van der Waals surface area contributed by atoms with Crippen LogP contribution in [0.1, 0.15) is 46.9 Å². The lowest BCUT2D eigenvalue weighted by Crippen LogP contribution is -2.47. The van der Waals surface area contributed by atoms with Crippen molar-refractivity contribution in [2.45, 2.75) is 32.2 Å². The van der Waals surface area contributed by atoms with Crippen molar-refractivity contribution in [3.05, 3.63) is 59.7 Å². The lowest BCUT2D eigenvalue weighted by molar-refractivity contribution is -0.149. The number of carbonyl (C=O) groups excluding carboxylic acids is 5. The minimum absolute atomic E-state index is 0.0557. The van der Waals surface area contributed by atoms with E-state index >= 15 is 0 Å². The third kappa shape index (κ3) is 5.91. The van der Waals surface area contributed by atoms with Gasteiger partial charge in [0.15, 0.2) is 12.4 Å². The van der Waals surface area contributed by atoms with Crippen LogP contribution in [0.3, 0.4) is 0 Å². The molecule has 2 amide bonds. The molecular formula is C28H30N2O8. The fourth-order valence-electron chi connectivity index (χ4n) is 4.70. The van der Waals surface area contributed by atoms with E-state index in [1.165, 1.54) is 31.4 Å². The zero-order valence-corrected chi connectivity index (χ0v) is 21.4. The van der Waals surface area contributed by atoms with Crippen LogP contribution in [-0.2, 0) is 23.9 Å². The van der Waals surface area contributed by atoms with Crippen molar-refractivity contribution in [1.82, 2.24) is 4.90 Å². The molecule has 10 nitrogen and oxygen atoms in total. The van der Waals surface area contributed by atoms with E-state index in [-0.39, 0.29) is 41.5 Å². The van der Waals surface area contributed by atoms with E-state index in [2.05, 4.69) is 0 Å². The molecule has 0 bridgehead atoms. The predicted molar refractivity (Wildman–Crippen MR) is 136 cm³/mol. The molecule has 0 saturated carbocycles. The molecule has 0 N–H and O–H groups in total. The molecule has 2 aromatic rings. The normalized spacial score (nSPS) is 18.4. The Bertz CT molecular complexity index is 1200. The maximum Gasteiger partial charge on any atom is 0.338 e. The molecule has 10 heteroatoms. The number of hydrogen-bond donors (Lipinski definition) is 0. The third-order valence-corrected chi connectivity index (χ3v) is 6.82. The summed E-state index contributed by atoms with van der Waals surface area (Å²) >= 11 is 0. The van der Waals surface area contributed by atoms with Crippen molar-refractivity contribution in [3.8, 4) is 5.75 Å². The number of Topliss-reactive ketones (excluding diaryl/α,β-unsaturated/α-hetero) is 1. The van der Waals surface area contributed by atoms with E-state index in [0.717, 1.165) is 4.90 Å². The summed E-state index contributed by atoms with van der Waals surface area (Å²) in [6, 6.07) is 11.8. The second-order valence-corrected chi connectivity index (χ2v) is 9.12. The van der Waals surface area contributed by atoms with Crippen LogP contribution in [0.5, 0.6) is 5.75 Å². The Morgan fingerprint density at radius 1 is 0.895 bits per heavy atom. The average molecular weight is 523 g/mol. The summed E-state index contributed by atoms with van der Waals surface area (Å²) in [5, 5.41) is 0. The molecule has 0 radical (unpaired) electrons. The molecule has 38 heavy (non-hydrogen) atoms. The van der Waals surface area contributed by atoms with Crippen LogP contribution in [0.4, 0.5) is 5.69 Å². The Morgan fingerprint density at radius 2 is 1.53 bits per heavy atom. The number of carbonyl (C=O) groups is 5. The monoisotopic (exact) mass is 522 g/mol. The van der Waals surface area contributed by atoms with Gasteiger partial charge in [-0.15, -0.1) is 0 Å². The van der Waals surface area contributed by atoms with E-state index in [1.54, 1.807) is 31.2 Å². The van der Waals surface area contributed by atoms with Gasteiger partial charge in [0.05, 0.1) is 43.3 Å². The van der Waals surface area contributed by atoms with E-state index in [4.69, 9.17) is 14.2 Å². The average Bonchev–Trinajstić information content (AvgIpc) is 3.25. The van der Waals surface area contributed by atoms with Crippen LogP contribution in [0, 0.1) is 5.92 Å². The van der Waals surface area contributed by atoms with Gasteiger partial charge in [-0.3, -0.25) is 24.1 Å². The van der Waals surface area contributed by atoms with Crippen molar-refractivity contribution in [1.29, 1.82) is 0 Å². The zero-order chi connectivity index (χ0) is 27.2. The Balaban J connectivity index is 1.32. The van der Waals surface area contributed by atoms with Gasteiger partial charge in [-0.2, -0.15) is 0 Å². The van der Waals surface area contributed by atoms with Gasteiger partial charge >= 0.3 is 11.9 Å². The highest BCUT2D eigenvalue weighted by atomic mass is 16.5. The van der Waals surface area contributed by atoms with E-state index in [1.807, 2.05) is 4.90 Å². The molecule has 2 aliphatic rings. The lowest BCUT2D eigenvalue weighted by atomic mass is 9.95. The first-order chi connectivity index (χ1) is 18.3. The Kier molecular flexibility index (Phi) is 8.52. The van der Waals surface area contributed by atoms with E-state index in [0.29, 0.717) is 49.5 Å². The van der Waals surface area contributed by atoms with Gasteiger partial charge in [0.1, 0.15) is 5.75 Å². The second kappa shape index (κ2) is 12.0. The van der Waals surface area contributed by atoms with E-state index in [9.17, 15) is 24.0 Å². The summed E-state index contributed by atoms with van der Waals surface area (Å²) in [7, 11) is 1.52. The first-order valence-corrected chi connectivity index (χ1v) is 12.5. The predicted octanol–water partition coefficient (Wildman–Crippen LogP) is 2.64. The SMILES string of the molecule is CCOC(=O)C1CCN(C2CC(=O)N(c3ccc(C(=O)OCC(=O)c4ccc(OC)cc4)cc3)C2=O)CC1. The zero-order valence-electron chi connectivity index (χ0n) is 21.4. The Hall–Kier alpha value is -4.05. The van der Waals surface area contributed by atoms with Crippen molar-refractivity contribution in [2.24, 2.45) is 5.92 Å². The first kappa shape index (κ1) is 27.0. The fraction of sp³-hybridized carbons (Fsp3) is 0.393. The molecule has 4 rings (SSSR count). The Morgan fingerprint density at radius 3 is 2.13 bits per heavy atom. The number of imide groups is 1. The number of nitrogens with zero attached hydrogens (tertiary/aromatic N) is 2. The standard InChI is InChI=1S/C28H30N2O8/c1-3-37-27(34)20-12-14-29(15-13-20)23-16-25(32)30(26(23)33)21-8-4-19(5-9-21)28(35)38-17-24(31)18-6-10-22(36-2)11-7-18/h4-11,20,23H,3,12-17H2,1-2H3. The molecule has 0 spiro atoms. The highest BCUT2D eigenvalue weighted by molar-refractivity contribution is 6.22. The van der Waals surface area contributed by atoms with Gasteiger partial charge in [0.25, 0.3) is 5.91 Å². The molecule has 2 aliphatic heterocycles. The van der Waals surface area contributed by atoms with E-state index < -0.39 is 18.6 Å². The maximum atomic E-state index is 13.1. The smallest absolute Gasteiger partial charge is 0.338 e. The number of likely N-dealkylation sites (tertiary alicyclic amines) is 1. The number of ether oxygens (including phenoxy) is 3. The van der Waals surface area contributed by atoms with Crippen LogP contribution < -0.4 is 9.64 Å². The largest absolute Gasteiger partial charge is 0.497 e. The minimum atomic E-state index is -0.695. The van der Waals surface area contributed by atoms with Crippen molar-refractivity contribution in [2.75, 3.05) is 38.3 Å². The summed E-state index contributed by atoms with van der Waals surface area (Å²) in [5.41, 5.74) is 0.933. The van der Waals surface area contributed by atoms with Crippen LogP contribution in [0.15, 0.2) is 48.5 Å².